The first-order valence-electron chi connectivity index (χ1n) is 7.30. The molecular formula is C15H31NS. The van der Waals surface area contributed by atoms with Crippen LogP contribution in [-0.4, -0.2) is 23.6 Å². The fourth-order valence-electron chi connectivity index (χ4n) is 3.01. The normalized spacial score (nSPS) is 25.4. The summed E-state index contributed by atoms with van der Waals surface area (Å²) < 4.78 is 0. The molecule has 0 saturated heterocycles. The molecule has 1 rings (SSSR count). The third kappa shape index (κ3) is 6.15. The Morgan fingerprint density at radius 3 is 2.06 bits per heavy atom. The summed E-state index contributed by atoms with van der Waals surface area (Å²) >= 11 is 2.05. The quantitative estimate of drug-likeness (QED) is 0.729. The fraction of sp³-hybridized carbons (Fsp3) is 1.00. The van der Waals surface area contributed by atoms with Crippen LogP contribution in [0, 0.1) is 11.8 Å². The van der Waals surface area contributed by atoms with Gasteiger partial charge in [0.2, 0.25) is 0 Å². The summed E-state index contributed by atoms with van der Waals surface area (Å²) in [7, 11) is 0. The number of nitrogens with one attached hydrogen (secondary N) is 1. The van der Waals surface area contributed by atoms with Crippen LogP contribution in [0.1, 0.15) is 59.8 Å². The van der Waals surface area contributed by atoms with Crippen molar-refractivity contribution in [3.63, 3.8) is 0 Å². The van der Waals surface area contributed by atoms with Gasteiger partial charge < -0.3 is 5.32 Å². The van der Waals surface area contributed by atoms with Crippen molar-refractivity contribution in [2.75, 3.05) is 6.26 Å². The minimum atomic E-state index is 0.737. The van der Waals surface area contributed by atoms with E-state index in [1.54, 1.807) is 0 Å². The minimum Gasteiger partial charge on any atom is -0.311 e. The molecule has 102 valence electrons. The first kappa shape index (κ1) is 15.4. The van der Waals surface area contributed by atoms with Gasteiger partial charge >= 0.3 is 0 Å². The highest BCUT2D eigenvalue weighted by atomic mass is 32.2. The SMILES string of the molecule is CSC1CCC(NC(CC(C)C)CC(C)C)C1. The summed E-state index contributed by atoms with van der Waals surface area (Å²) in [4.78, 5) is 0. The van der Waals surface area contributed by atoms with E-state index >= 15 is 0 Å². The molecule has 0 amide bonds. The highest BCUT2D eigenvalue weighted by molar-refractivity contribution is 7.99. The second-order valence-electron chi connectivity index (χ2n) is 6.49. The molecule has 0 heterocycles. The lowest BCUT2D eigenvalue weighted by Crippen LogP contribution is -2.38. The largest absolute Gasteiger partial charge is 0.311 e. The Hall–Kier alpha value is 0.310. The number of rotatable bonds is 7. The summed E-state index contributed by atoms with van der Waals surface area (Å²) in [6.45, 7) is 9.37. The maximum Gasteiger partial charge on any atom is 0.00805 e. The topological polar surface area (TPSA) is 12.0 Å². The molecule has 1 aliphatic carbocycles. The van der Waals surface area contributed by atoms with Crippen LogP contribution in [0.15, 0.2) is 0 Å². The van der Waals surface area contributed by atoms with Gasteiger partial charge in [0.1, 0.15) is 0 Å². The predicted octanol–water partition coefficient (Wildman–Crippen LogP) is 4.32. The van der Waals surface area contributed by atoms with E-state index in [9.17, 15) is 0 Å². The first-order valence-corrected chi connectivity index (χ1v) is 8.58. The lowest BCUT2D eigenvalue weighted by atomic mass is 9.95. The van der Waals surface area contributed by atoms with Crippen molar-refractivity contribution in [3.05, 3.63) is 0 Å². The zero-order valence-corrected chi connectivity index (χ0v) is 13.1. The Balaban J connectivity index is 2.37. The van der Waals surface area contributed by atoms with Gasteiger partial charge in [-0.2, -0.15) is 11.8 Å². The molecule has 1 N–H and O–H groups in total. The van der Waals surface area contributed by atoms with Crippen molar-refractivity contribution in [1.29, 1.82) is 0 Å². The van der Waals surface area contributed by atoms with E-state index in [2.05, 4.69) is 51.0 Å². The molecule has 0 aliphatic heterocycles. The maximum atomic E-state index is 3.93. The van der Waals surface area contributed by atoms with Gasteiger partial charge in [-0.1, -0.05) is 27.7 Å². The van der Waals surface area contributed by atoms with Gasteiger partial charge in [0.05, 0.1) is 0 Å². The Morgan fingerprint density at radius 1 is 1.06 bits per heavy atom. The lowest BCUT2D eigenvalue weighted by molar-refractivity contribution is 0.327. The van der Waals surface area contributed by atoms with Crippen molar-refractivity contribution in [2.24, 2.45) is 11.8 Å². The Labute approximate surface area is 113 Å². The molecule has 0 bridgehead atoms. The van der Waals surface area contributed by atoms with Gasteiger partial charge in [-0.05, 0) is 50.2 Å². The van der Waals surface area contributed by atoms with Gasteiger partial charge in [0.15, 0.2) is 0 Å². The van der Waals surface area contributed by atoms with E-state index in [-0.39, 0.29) is 0 Å². The van der Waals surface area contributed by atoms with Gasteiger partial charge in [0.25, 0.3) is 0 Å². The number of thioether (sulfide) groups is 1. The zero-order chi connectivity index (χ0) is 12.8. The predicted molar refractivity (Wildman–Crippen MR) is 80.8 cm³/mol. The highest BCUT2D eigenvalue weighted by Gasteiger charge is 2.26. The van der Waals surface area contributed by atoms with Crippen molar-refractivity contribution < 1.29 is 0 Å². The molecule has 0 aromatic rings. The molecule has 0 aromatic heterocycles. The molecule has 1 fully saturated rings. The Bertz CT molecular complexity index is 193. The van der Waals surface area contributed by atoms with Gasteiger partial charge in [0, 0.05) is 17.3 Å². The molecule has 1 saturated carbocycles. The van der Waals surface area contributed by atoms with Crippen LogP contribution in [-0.2, 0) is 0 Å². The summed E-state index contributed by atoms with van der Waals surface area (Å²) in [6.07, 6.45) is 9.10. The molecule has 0 aromatic carbocycles. The highest BCUT2D eigenvalue weighted by Crippen LogP contribution is 2.29. The fourth-order valence-corrected chi connectivity index (χ4v) is 3.81. The van der Waals surface area contributed by atoms with E-state index in [1.165, 1.54) is 32.1 Å². The number of hydrogen-bond acceptors (Lipinski definition) is 2. The van der Waals surface area contributed by atoms with Crippen molar-refractivity contribution in [3.8, 4) is 0 Å². The molecule has 2 heteroatoms. The van der Waals surface area contributed by atoms with Crippen LogP contribution in [0.5, 0.6) is 0 Å². The summed E-state index contributed by atoms with van der Waals surface area (Å²) in [5, 5.41) is 4.84. The molecule has 0 spiro atoms. The summed E-state index contributed by atoms with van der Waals surface area (Å²) in [6, 6.07) is 1.52. The molecule has 0 radical (unpaired) electrons. The Morgan fingerprint density at radius 2 is 1.65 bits per heavy atom. The average Bonchev–Trinajstić information content (AvgIpc) is 2.63. The molecule has 17 heavy (non-hydrogen) atoms. The van der Waals surface area contributed by atoms with E-state index in [4.69, 9.17) is 0 Å². The van der Waals surface area contributed by atoms with Crippen molar-refractivity contribution >= 4 is 11.8 Å². The summed E-state index contributed by atoms with van der Waals surface area (Å²) in [5.41, 5.74) is 0. The molecule has 2 atom stereocenters. The van der Waals surface area contributed by atoms with Crippen molar-refractivity contribution in [2.45, 2.75) is 77.1 Å². The van der Waals surface area contributed by atoms with Gasteiger partial charge in [-0.3, -0.25) is 0 Å². The zero-order valence-electron chi connectivity index (χ0n) is 12.3. The van der Waals surface area contributed by atoms with Crippen LogP contribution < -0.4 is 5.32 Å². The van der Waals surface area contributed by atoms with Crippen LogP contribution in [0.2, 0.25) is 0 Å². The van der Waals surface area contributed by atoms with Crippen LogP contribution in [0.25, 0.3) is 0 Å². The standard InChI is InChI=1S/C15H31NS/c1-11(2)8-14(9-12(3)4)16-13-6-7-15(10-13)17-5/h11-16H,6-10H2,1-5H3. The lowest BCUT2D eigenvalue weighted by Gasteiger charge is -2.26. The Kier molecular flexibility index (Phi) is 6.94. The van der Waals surface area contributed by atoms with Gasteiger partial charge in [-0.25, -0.2) is 0 Å². The van der Waals surface area contributed by atoms with Crippen molar-refractivity contribution in [1.82, 2.24) is 5.32 Å². The molecule has 2 unspecified atom stereocenters. The second-order valence-corrected chi connectivity index (χ2v) is 7.63. The third-order valence-corrected chi connectivity index (χ3v) is 4.80. The van der Waals surface area contributed by atoms with E-state index in [1.807, 2.05) is 0 Å². The van der Waals surface area contributed by atoms with E-state index in [0.717, 1.165) is 29.2 Å². The average molecular weight is 257 g/mol. The monoisotopic (exact) mass is 257 g/mol. The van der Waals surface area contributed by atoms with Crippen LogP contribution in [0.3, 0.4) is 0 Å². The third-order valence-electron chi connectivity index (χ3n) is 3.70. The van der Waals surface area contributed by atoms with E-state index in [0.29, 0.717) is 0 Å². The molecule has 1 aliphatic rings. The van der Waals surface area contributed by atoms with E-state index < -0.39 is 0 Å². The number of hydrogen-bond donors (Lipinski definition) is 1. The maximum absolute atomic E-state index is 3.93. The second kappa shape index (κ2) is 7.68. The van der Waals surface area contributed by atoms with Crippen LogP contribution in [0.4, 0.5) is 0 Å². The molecular weight excluding hydrogens is 226 g/mol. The molecule has 1 nitrogen and oxygen atoms in total. The smallest absolute Gasteiger partial charge is 0.00805 e. The minimum absolute atomic E-state index is 0.737. The summed E-state index contributed by atoms with van der Waals surface area (Å²) in [5.74, 6) is 1.62. The van der Waals surface area contributed by atoms with Gasteiger partial charge in [-0.15, -0.1) is 0 Å². The van der Waals surface area contributed by atoms with Crippen LogP contribution >= 0.6 is 11.8 Å². The first-order chi connectivity index (χ1) is 8.01.